The predicted octanol–water partition coefficient (Wildman–Crippen LogP) is 1.85. The van der Waals surface area contributed by atoms with Crippen molar-refractivity contribution in [2.75, 3.05) is 7.05 Å². The molecule has 0 aliphatic heterocycles. The van der Waals surface area contributed by atoms with Crippen molar-refractivity contribution in [3.05, 3.63) is 53.5 Å². The van der Waals surface area contributed by atoms with Crippen LogP contribution in [0.25, 0.3) is 10.9 Å². The van der Waals surface area contributed by atoms with Crippen molar-refractivity contribution in [3.8, 4) is 0 Å². The molecule has 3 aromatic rings. The molecule has 1 aromatic carbocycles. The SMILES string of the molecule is CNC(C)c1cn(Cc2ccc(C(=O)O)c3cccnc23)nn1. The Morgan fingerprint density at radius 1 is 1.39 bits per heavy atom. The molecule has 0 aliphatic rings. The number of aromatic carboxylic acids is 1. The predicted molar refractivity (Wildman–Crippen MR) is 85.3 cm³/mol. The van der Waals surface area contributed by atoms with Crippen LogP contribution in [0.2, 0.25) is 0 Å². The molecule has 1 atom stereocenters. The summed E-state index contributed by atoms with van der Waals surface area (Å²) in [5, 5.41) is 21.3. The van der Waals surface area contributed by atoms with E-state index in [1.807, 2.05) is 20.2 Å². The molecule has 0 saturated heterocycles. The molecule has 118 valence electrons. The zero-order chi connectivity index (χ0) is 16.4. The maximum atomic E-state index is 11.3. The number of nitrogens with one attached hydrogen (secondary N) is 1. The van der Waals surface area contributed by atoms with E-state index in [2.05, 4.69) is 20.6 Å². The summed E-state index contributed by atoms with van der Waals surface area (Å²) in [6.45, 7) is 2.49. The van der Waals surface area contributed by atoms with E-state index < -0.39 is 5.97 Å². The maximum Gasteiger partial charge on any atom is 0.336 e. The van der Waals surface area contributed by atoms with Crippen LogP contribution >= 0.6 is 0 Å². The van der Waals surface area contributed by atoms with Gasteiger partial charge in [0.25, 0.3) is 0 Å². The third-order valence-electron chi connectivity index (χ3n) is 3.85. The lowest BCUT2D eigenvalue weighted by Gasteiger charge is -2.08. The summed E-state index contributed by atoms with van der Waals surface area (Å²) in [4.78, 5) is 15.7. The second-order valence-electron chi connectivity index (χ2n) is 5.33. The largest absolute Gasteiger partial charge is 0.478 e. The number of nitrogens with zero attached hydrogens (tertiary/aromatic N) is 4. The molecule has 2 heterocycles. The van der Waals surface area contributed by atoms with Gasteiger partial charge in [0.05, 0.1) is 29.5 Å². The minimum absolute atomic E-state index is 0.119. The van der Waals surface area contributed by atoms with E-state index >= 15 is 0 Å². The van der Waals surface area contributed by atoms with Gasteiger partial charge in [-0.05, 0) is 31.7 Å². The Balaban J connectivity index is 1.99. The highest BCUT2D eigenvalue weighted by Crippen LogP contribution is 2.22. The van der Waals surface area contributed by atoms with Gasteiger partial charge in [0.15, 0.2) is 0 Å². The minimum atomic E-state index is -0.958. The maximum absolute atomic E-state index is 11.3. The first-order valence-electron chi connectivity index (χ1n) is 7.27. The van der Waals surface area contributed by atoms with Crippen molar-refractivity contribution in [2.24, 2.45) is 0 Å². The van der Waals surface area contributed by atoms with Crippen LogP contribution in [0.5, 0.6) is 0 Å². The minimum Gasteiger partial charge on any atom is -0.478 e. The van der Waals surface area contributed by atoms with E-state index in [1.54, 1.807) is 35.1 Å². The monoisotopic (exact) mass is 311 g/mol. The van der Waals surface area contributed by atoms with Crippen molar-refractivity contribution in [1.29, 1.82) is 0 Å². The van der Waals surface area contributed by atoms with Crippen LogP contribution in [0, 0.1) is 0 Å². The molecule has 23 heavy (non-hydrogen) atoms. The lowest BCUT2D eigenvalue weighted by atomic mass is 10.0. The summed E-state index contributed by atoms with van der Waals surface area (Å²) in [5.41, 5.74) is 2.68. The molecule has 2 aromatic heterocycles. The lowest BCUT2D eigenvalue weighted by molar-refractivity contribution is 0.0699. The molecule has 0 radical (unpaired) electrons. The number of carbonyl (C=O) groups is 1. The molecule has 0 saturated carbocycles. The number of fused-ring (bicyclic) bond motifs is 1. The average Bonchev–Trinajstić information content (AvgIpc) is 3.02. The number of rotatable bonds is 5. The number of pyridine rings is 1. The molecule has 0 bridgehead atoms. The Hall–Kier alpha value is -2.80. The van der Waals surface area contributed by atoms with Crippen LogP contribution in [0.4, 0.5) is 0 Å². The summed E-state index contributed by atoms with van der Waals surface area (Å²) in [7, 11) is 1.87. The molecule has 0 amide bonds. The second kappa shape index (κ2) is 6.13. The Kier molecular flexibility index (Phi) is 4.03. The topological polar surface area (TPSA) is 92.9 Å². The number of benzene rings is 1. The first kappa shape index (κ1) is 15.1. The van der Waals surface area contributed by atoms with Gasteiger partial charge in [-0.25, -0.2) is 9.48 Å². The highest BCUT2D eigenvalue weighted by molar-refractivity contribution is 6.03. The Labute approximate surface area is 133 Å². The van der Waals surface area contributed by atoms with E-state index in [0.29, 0.717) is 17.4 Å². The average molecular weight is 311 g/mol. The molecule has 7 nitrogen and oxygen atoms in total. The van der Waals surface area contributed by atoms with E-state index in [4.69, 9.17) is 0 Å². The zero-order valence-corrected chi connectivity index (χ0v) is 12.9. The standard InChI is InChI=1S/C16H17N5O2/c1-10(17-2)14-9-21(20-19-14)8-11-5-6-13(16(22)23)12-4-3-7-18-15(11)12/h3-7,9-10,17H,8H2,1-2H3,(H,22,23). The van der Waals surface area contributed by atoms with Gasteiger partial charge in [-0.3, -0.25) is 4.98 Å². The molecular weight excluding hydrogens is 294 g/mol. The molecule has 7 heteroatoms. The van der Waals surface area contributed by atoms with Crippen LogP contribution in [-0.2, 0) is 6.54 Å². The van der Waals surface area contributed by atoms with Gasteiger partial charge >= 0.3 is 5.97 Å². The molecule has 2 N–H and O–H groups in total. The number of hydrogen-bond donors (Lipinski definition) is 2. The summed E-state index contributed by atoms with van der Waals surface area (Å²) >= 11 is 0. The molecular formula is C16H17N5O2. The van der Waals surface area contributed by atoms with E-state index in [0.717, 1.165) is 11.3 Å². The van der Waals surface area contributed by atoms with Gasteiger partial charge in [0.1, 0.15) is 0 Å². The summed E-state index contributed by atoms with van der Waals surface area (Å²) in [6.07, 6.45) is 3.54. The van der Waals surface area contributed by atoms with Gasteiger partial charge in [-0.15, -0.1) is 5.10 Å². The molecule has 0 aliphatic carbocycles. The zero-order valence-electron chi connectivity index (χ0n) is 12.9. The smallest absolute Gasteiger partial charge is 0.336 e. The lowest BCUT2D eigenvalue weighted by Crippen LogP contribution is -2.12. The number of carboxylic acids is 1. The van der Waals surface area contributed by atoms with Crippen LogP contribution in [0.1, 0.15) is 34.6 Å². The van der Waals surface area contributed by atoms with Crippen molar-refractivity contribution >= 4 is 16.9 Å². The van der Waals surface area contributed by atoms with E-state index in [-0.39, 0.29) is 11.6 Å². The Bertz CT molecular complexity index is 859. The molecule has 0 spiro atoms. The highest BCUT2D eigenvalue weighted by Gasteiger charge is 2.13. The molecule has 0 fully saturated rings. The quantitative estimate of drug-likeness (QED) is 0.747. The first-order valence-corrected chi connectivity index (χ1v) is 7.27. The third-order valence-corrected chi connectivity index (χ3v) is 3.85. The summed E-state index contributed by atoms with van der Waals surface area (Å²) < 4.78 is 1.73. The van der Waals surface area contributed by atoms with Crippen molar-refractivity contribution in [3.63, 3.8) is 0 Å². The summed E-state index contributed by atoms with van der Waals surface area (Å²) in [6, 6.07) is 7.01. The van der Waals surface area contributed by atoms with Crippen molar-refractivity contribution in [2.45, 2.75) is 19.5 Å². The van der Waals surface area contributed by atoms with Gasteiger partial charge in [0, 0.05) is 17.6 Å². The number of aromatic nitrogens is 4. The van der Waals surface area contributed by atoms with E-state index in [9.17, 15) is 9.90 Å². The van der Waals surface area contributed by atoms with Gasteiger partial charge < -0.3 is 10.4 Å². The normalized spacial score (nSPS) is 12.4. The van der Waals surface area contributed by atoms with Crippen LogP contribution in [0.15, 0.2) is 36.7 Å². The van der Waals surface area contributed by atoms with Gasteiger partial charge in [0.2, 0.25) is 0 Å². The number of hydrogen-bond acceptors (Lipinski definition) is 5. The fourth-order valence-corrected chi connectivity index (χ4v) is 2.46. The van der Waals surface area contributed by atoms with Gasteiger partial charge in [-0.1, -0.05) is 17.3 Å². The fraction of sp³-hybridized carbons (Fsp3) is 0.250. The summed E-state index contributed by atoms with van der Waals surface area (Å²) in [5.74, 6) is -0.958. The molecule has 3 rings (SSSR count). The Morgan fingerprint density at radius 3 is 2.96 bits per heavy atom. The highest BCUT2D eigenvalue weighted by atomic mass is 16.4. The van der Waals surface area contributed by atoms with Crippen LogP contribution < -0.4 is 5.32 Å². The Morgan fingerprint density at radius 2 is 2.22 bits per heavy atom. The van der Waals surface area contributed by atoms with Gasteiger partial charge in [-0.2, -0.15) is 0 Å². The van der Waals surface area contributed by atoms with Crippen LogP contribution in [0.3, 0.4) is 0 Å². The third kappa shape index (κ3) is 2.91. The van der Waals surface area contributed by atoms with Crippen LogP contribution in [-0.4, -0.2) is 38.1 Å². The number of carboxylic acid groups (broad SMARTS) is 1. The van der Waals surface area contributed by atoms with Crippen molar-refractivity contribution < 1.29 is 9.90 Å². The van der Waals surface area contributed by atoms with Crippen molar-refractivity contribution in [1.82, 2.24) is 25.3 Å². The fourth-order valence-electron chi connectivity index (χ4n) is 2.46. The van der Waals surface area contributed by atoms with E-state index in [1.165, 1.54) is 0 Å². The molecule has 1 unspecified atom stereocenters. The first-order chi connectivity index (χ1) is 11.1. The second-order valence-corrected chi connectivity index (χ2v) is 5.33.